The van der Waals surface area contributed by atoms with Crippen molar-refractivity contribution >= 4 is 24.4 Å². The Morgan fingerprint density at radius 1 is 0.750 bits per heavy atom. The van der Waals surface area contributed by atoms with E-state index in [2.05, 4.69) is 5.32 Å². The van der Waals surface area contributed by atoms with Crippen molar-refractivity contribution in [2.24, 2.45) is 0 Å². The summed E-state index contributed by atoms with van der Waals surface area (Å²) in [4.78, 5) is 48.3. The molecule has 0 heterocycles. The fourth-order valence-electron chi connectivity index (χ4n) is 3.22. The Labute approximate surface area is 235 Å². The van der Waals surface area contributed by atoms with Gasteiger partial charge in [-0.3, -0.25) is 4.79 Å². The Bertz CT molecular complexity index is 968. The number of rotatable bonds is 16. The van der Waals surface area contributed by atoms with E-state index in [1.165, 1.54) is 18.2 Å². The molecule has 12 nitrogen and oxygen atoms in total. The lowest BCUT2D eigenvalue weighted by Gasteiger charge is -2.20. The van der Waals surface area contributed by atoms with Gasteiger partial charge in [-0.25, -0.2) is 14.4 Å². The van der Waals surface area contributed by atoms with E-state index in [1.807, 2.05) is 20.8 Å². The van der Waals surface area contributed by atoms with Crippen molar-refractivity contribution in [2.45, 2.75) is 111 Å². The molecule has 0 spiro atoms. The molecular weight excluding hydrogens is 526 g/mol. The minimum Gasteiger partial charge on any atom is -0.480 e. The summed E-state index contributed by atoms with van der Waals surface area (Å²) < 4.78 is 31.1. The second-order valence-electron chi connectivity index (χ2n) is 9.56. The number of nitrogens with one attached hydrogen (secondary N) is 1. The number of benzene rings is 1. The van der Waals surface area contributed by atoms with Crippen LogP contribution in [0.5, 0.6) is 11.5 Å². The third-order valence-electron chi connectivity index (χ3n) is 5.82. The summed E-state index contributed by atoms with van der Waals surface area (Å²) in [5, 5.41) is 12.6. The number of hydrogen-bond acceptors (Lipinski definition) is 11. The van der Waals surface area contributed by atoms with Gasteiger partial charge >= 0.3 is 24.4 Å². The summed E-state index contributed by atoms with van der Waals surface area (Å²) in [6, 6.07) is 3.21. The average Bonchev–Trinajstić information content (AvgIpc) is 2.87. The fourth-order valence-corrected chi connectivity index (χ4v) is 3.22. The maximum atomic E-state index is 12.3. The molecule has 0 amide bonds. The smallest absolute Gasteiger partial charge is 0.480 e. The van der Waals surface area contributed by atoms with Crippen LogP contribution in [0.1, 0.15) is 79.7 Å². The van der Waals surface area contributed by atoms with Crippen molar-refractivity contribution in [1.82, 2.24) is 5.32 Å². The summed E-state index contributed by atoms with van der Waals surface area (Å²) in [5.41, 5.74) is 0.454. The van der Waals surface area contributed by atoms with E-state index in [0.717, 1.165) is 6.42 Å². The molecule has 0 aliphatic heterocycles. The van der Waals surface area contributed by atoms with E-state index in [0.29, 0.717) is 24.8 Å². The van der Waals surface area contributed by atoms with E-state index in [9.17, 15) is 24.3 Å². The highest BCUT2D eigenvalue weighted by Crippen LogP contribution is 2.30. The molecule has 0 saturated carbocycles. The largest absolute Gasteiger partial charge is 0.514 e. The third-order valence-corrected chi connectivity index (χ3v) is 5.82. The summed E-state index contributed by atoms with van der Waals surface area (Å²) in [6.07, 6.45) is -1.90. The standard InChI is InChI=1S/C28H43NO11/c1-8-11-19(6)37-26(32)38-20(7)16-29-22(25(30)31)14-21-12-13-23(39-27(33)35-17(4)9-2)24(15-21)40-28(34)36-18(5)10-3/h12-13,15,17-20,22,29H,8-11,14,16H2,1-7H3,(H,30,31)/t17?,18?,19?,20?,22-/m0/s1. The Hall–Kier alpha value is -3.54. The zero-order valence-electron chi connectivity index (χ0n) is 24.4. The molecule has 0 aliphatic carbocycles. The first-order chi connectivity index (χ1) is 18.9. The minimum absolute atomic E-state index is 0.0333. The molecule has 1 aromatic rings. The molecule has 1 aromatic carbocycles. The van der Waals surface area contributed by atoms with Crippen molar-refractivity contribution in [2.75, 3.05) is 6.54 Å². The normalized spacial score (nSPS) is 14.6. The number of carboxylic acid groups (broad SMARTS) is 1. The van der Waals surface area contributed by atoms with Crippen LogP contribution in [-0.4, -0.2) is 66.5 Å². The fraction of sp³-hybridized carbons (Fsp3) is 0.643. The lowest BCUT2D eigenvalue weighted by molar-refractivity contribution is -0.139. The van der Waals surface area contributed by atoms with Crippen molar-refractivity contribution in [3.05, 3.63) is 23.8 Å². The Kier molecular flexibility index (Phi) is 15.5. The van der Waals surface area contributed by atoms with Gasteiger partial charge < -0.3 is 38.8 Å². The first-order valence-corrected chi connectivity index (χ1v) is 13.6. The molecular formula is C28H43NO11. The SMILES string of the molecule is CCCC(C)OC(=O)OC(C)CN[C@@H](Cc1ccc(OC(=O)OC(C)CC)c(OC(=O)OC(C)CC)c1)C(=O)O. The number of ether oxygens (including phenoxy) is 6. The highest BCUT2D eigenvalue weighted by atomic mass is 16.8. The van der Waals surface area contributed by atoms with Gasteiger partial charge in [0, 0.05) is 6.54 Å². The quantitative estimate of drug-likeness (QED) is 0.144. The van der Waals surface area contributed by atoms with Crippen LogP contribution in [0.3, 0.4) is 0 Å². The molecule has 0 fully saturated rings. The average molecular weight is 570 g/mol. The number of aliphatic carboxylic acids is 1. The summed E-state index contributed by atoms with van der Waals surface area (Å²) in [7, 11) is 0. The molecule has 5 atom stereocenters. The molecule has 0 saturated heterocycles. The topological polar surface area (TPSA) is 156 Å². The van der Waals surface area contributed by atoms with Gasteiger partial charge in [0.15, 0.2) is 11.5 Å². The van der Waals surface area contributed by atoms with Gasteiger partial charge in [-0.15, -0.1) is 0 Å². The van der Waals surface area contributed by atoms with Crippen LogP contribution in [0.15, 0.2) is 18.2 Å². The van der Waals surface area contributed by atoms with Crippen LogP contribution in [0.25, 0.3) is 0 Å². The number of carbonyl (C=O) groups is 4. The van der Waals surface area contributed by atoms with Crippen LogP contribution >= 0.6 is 0 Å². The summed E-state index contributed by atoms with van der Waals surface area (Å²) in [6.45, 7) is 12.5. The van der Waals surface area contributed by atoms with Gasteiger partial charge in [0.2, 0.25) is 0 Å². The van der Waals surface area contributed by atoms with Gasteiger partial charge in [0.1, 0.15) is 30.5 Å². The Morgan fingerprint density at radius 3 is 1.80 bits per heavy atom. The molecule has 40 heavy (non-hydrogen) atoms. The lowest BCUT2D eigenvalue weighted by atomic mass is 10.0. The molecule has 4 unspecified atom stereocenters. The Morgan fingerprint density at radius 2 is 1.27 bits per heavy atom. The predicted octanol–water partition coefficient (Wildman–Crippen LogP) is 5.63. The van der Waals surface area contributed by atoms with Crippen molar-refractivity contribution < 1.29 is 52.7 Å². The lowest BCUT2D eigenvalue weighted by Crippen LogP contribution is -2.42. The van der Waals surface area contributed by atoms with Crippen LogP contribution in [0, 0.1) is 0 Å². The van der Waals surface area contributed by atoms with Gasteiger partial charge in [0.25, 0.3) is 0 Å². The molecule has 226 valence electrons. The Balaban J connectivity index is 2.97. The second-order valence-corrected chi connectivity index (χ2v) is 9.56. The molecule has 12 heteroatoms. The van der Waals surface area contributed by atoms with Gasteiger partial charge in [0.05, 0.1) is 0 Å². The maximum absolute atomic E-state index is 12.3. The number of carboxylic acids is 1. The van der Waals surface area contributed by atoms with Crippen molar-refractivity contribution in [1.29, 1.82) is 0 Å². The summed E-state index contributed by atoms with van der Waals surface area (Å²) in [5.74, 6) is -1.39. The first kappa shape index (κ1) is 34.5. The number of hydrogen-bond donors (Lipinski definition) is 2. The van der Waals surface area contributed by atoms with E-state index >= 15 is 0 Å². The van der Waals surface area contributed by atoms with Crippen LogP contribution in [-0.2, 0) is 30.2 Å². The minimum atomic E-state index is -1.15. The molecule has 0 radical (unpaired) electrons. The first-order valence-electron chi connectivity index (χ1n) is 13.6. The van der Waals surface area contributed by atoms with Crippen LogP contribution in [0.2, 0.25) is 0 Å². The molecule has 1 rings (SSSR count). The van der Waals surface area contributed by atoms with E-state index in [1.54, 1.807) is 27.7 Å². The summed E-state index contributed by atoms with van der Waals surface area (Å²) >= 11 is 0. The van der Waals surface area contributed by atoms with Gasteiger partial charge in [-0.1, -0.05) is 33.3 Å². The van der Waals surface area contributed by atoms with E-state index < -0.39 is 42.7 Å². The van der Waals surface area contributed by atoms with Gasteiger partial charge in [-0.2, -0.15) is 0 Å². The van der Waals surface area contributed by atoms with Crippen molar-refractivity contribution in [3.8, 4) is 11.5 Å². The monoisotopic (exact) mass is 569 g/mol. The van der Waals surface area contributed by atoms with Crippen molar-refractivity contribution in [3.63, 3.8) is 0 Å². The predicted molar refractivity (Wildman–Crippen MR) is 145 cm³/mol. The zero-order chi connectivity index (χ0) is 30.2. The highest BCUT2D eigenvalue weighted by Gasteiger charge is 2.23. The van der Waals surface area contributed by atoms with Gasteiger partial charge in [-0.05, 0) is 71.1 Å². The molecule has 2 N–H and O–H groups in total. The van der Waals surface area contributed by atoms with Crippen LogP contribution in [0.4, 0.5) is 14.4 Å². The van der Waals surface area contributed by atoms with E-state index in [-0.39, 0.29) is 36.7 Å². The third kappa shape index (κ3) is 13.5. The maximum Gasteiger partial charge on any atom is 0.514 e. The number of carbonyl (C=O) groups excluding carboxylic acids is 3. The highest BCUT2D eigenvalue weighted by molar-refractivity contribution is 5.74. The molecule has 0 aromatic heterocycles. The van der Waals surface area contributed by atoms with E-state index in [4.69, 9.17) is 28.4 Å². The molecule has 0 aliphatic rings. The molecule has 0 bridgehead atoms. The second kappa shape index (κ2) is 17.9. The van der Waals surface area contributed by atoms with Crippen LogP contribution < -0.4 is 14.8 Å². The zero-order valence-corrected chi connectivity index (χ0v) is 24.4.